The molecule has 230 valence electrons. The molecule has 10 rings (SSSR count). The first-order chi connectivity index (χ1) is 23.7. The first-order valence-electron chi connectivity index (χ1n) is 16.4. The van der Waals surface area contributed by atoms with Gasteiger partial charge in [-0.3, -0.25) is 4.57 Å². The van der Waals surface area contributed by atoms with Crippen LogP contribution < -0.4 is 10.6 Å². The second-order valence-corrected chi connectivity index (χ2v) is 12.7. The summed E-state index contributed by atoms with van der Waals surface area (Å²) in [6.07, 6.45) is 8.21. The van der Waals surface area contributed by atoms with Crippen molar-refractivity contribution < 1.29 is 8.83 Å². The molecular weight excluding hydrogens is 594 g/mol. The van der Waals surface area contributed by atoms with Gasteiger partial charge < -0.3 is 8.83 Å². The Balaban J connectivity index is 1.15. The zero-order valence-electron chi connectivity index (χ0n) is 26.2. The number of hydrogen-bond donors (Lipinski definition) is 0. The molecular formula is C41H29N5O2. The van der Waals surface area contributed by atoms with Crippen molar-refractivity contribution in [3.63, 3.8) is 0 Å². The molecule has 7 heteroatoms. The van der Waals surface area contributed by atoms with Gasteiger partial charge in [0, 0.05) is 33.0 Å². The first kappa shape index (κ1) is 27.1. The fourth-order valence-electron chi connectivity index (χ4n) is 7.37. The van der Waals surface area contributed by atoms with Crippen molar-refractivity contribution >= 4 is 50.7 Å². The highest BCUT2D eigenvalue weighted by atomic mass is 16.4. The lowest BCUT2D eigenvalue weighted by atomic mass is 9.90. The van der Waals surface area contributed by atoms with Crippen LogP contribution in [-0.2, 0) is 6.42 Å². The third-order valence-corrected chi connectivity index (χ3v) is 9.58. The summed E-state index contributed by atoms with van der Waals surface area (Å²) in [5, 5.41) is 3.41. The van der Waals surface area contributed by atoms with Crippen LogP contribution in [0.25, 0.3) is 68.1 Å². The highest BCUT2D eigenvalue weighted by molar-refractivity contribution is 5.91. The molecule has 2 aliphatic rings. The topological polar surface area (TPSA) is 82.8 Å². The SMILES string of the molecule is CC1C=c2c(oc3ccccc23)=C(c2nc(-c3ccccc3)nc(C3C=Cc4c(c5ccccc5n4-c4nc5ccccc5o4)C3)n2)C1. The van der Waals surface area contributed by atoms with Gasteiger partial charge >= 0.3 is 6.01 Å². The first-order valence-corrected chi connectivity index (χ1v) is 16.4. The zero-order valence-corrected chi connectivity index (χ0v) is 26.2. The molecule has 2 unspecified atom stereocenters. The van der Waals surface area contributed by atoms with E-state index in [1.807, 2.05) is 54.6 Å². The molecule has 4 heterocycles. The number of fused-ring (bicyclic) bond motifs is 7. The maximum absolute atomic E-state index is 6.50. The van der Waals surface area contributed by atoms with E-state index in [2.05, 4.69) is 78.2 Å². The molecule has 0 saturated carbocycles. The van der Waals surface area contributed by atoms with Gasteiger partial charge in [0.1, 0.15) is 22.3 Å². The van der Waals surface area contributed by atoms with E-state index in [-0.39, 0.29) is 5.92 Å². The minimum atomic E-state index is -0.0621. The van der Waals surface area contributed by atoms with Gasteiger partial charge in [0.15, 0.2) is 17.2 Å². The Kier molecular flexibility index (Phi) is 5.90. The van der Waals surface area contributed by atoms with E-state index < -0.39 is 0 Å². The Bertz CT molecular complexity index is 2680. The molecule has 2 atom stereocenters. The maximum atomic E-state index is 6.50. The van der Waals surface area contributed by atoms with Crippen molar-refractivity contribution in [3.8, 4) is 17.4 Å². The molecule has 0 bridgehead atoms. The lowest BCUT2D eigenvalue weighted by molar-refractivity contribution is 0.561. The van der Waals surface area contributed by atoms with E-state index in [1.54, 1.807) is 0 Å². The highest BCUT2D eigenvalue weighted by Gasteiger charge is 2.28. The van der Waals surface area contributed by atoms with E-state index in [4.69, 9.17) is 28.8 Å². The minimum Gasteiger partial charge on any atom is -0.456 e. The molecule has 2 aliphatic carbocycles. The second-order valence-electron chi connectivity index (χ2n) is 12.7. The van der Waals surface area contributed by atoms with Crippen molar-refractivity contribution in [3.05, 3.63) is 143 Å². The normalized spacial score (nSPS) is 17.1. The van der Waals surface area contributed by atoms with Crippen LogP contribution in [-0.4, -0.2) is 24.5 Å². The van der Waals surface area contributed by atoms with Crippen LogP contribution in [0, 0.1) is 5.92 Å². The maximum Gasteiger partial charge on any atom is 0.307 e. The van der Waals surface area contributed by atoms with Crippen LogP contribution in [0.15, 0.2) is 118 Å². The number of nitrogens with zero attached hydrogens (tertiary/aromatic N) is 5. The van der Waals surface area contributed by atoms with E-state index in [0.29, 0.717) is 23.6 Å². The molecule has 0 fully saturated rings. The molecule has 0 N–H and O–H groups in total. The number of benzene rings is 4. The smallest absolute Gasteiger partial charge is 0.307 e. The van der Waals surface area contributed by atoms with Gasteiger partial charge in [-0.25, -0.2) is 15.0 Å². The summed E-state index contributed by atoms with van der Waals surface area (Å²) in [6.45, 7) is 2.24. The predicted octanol–water partition coefficient (Wildman–Crippen LogP) is 7.74. The fraction of sp³-hybridized carbons (Fsp3) is 0.122. The van der Waals surface area contributed by atoms with Crippen molar-refractivity contribution in [2.24, 2.45) is 5.92 Å². The molecule has 0 spiro atoms. The second kappa shape index (κ2) is 10.5. The number of furan rings is 1. The standard InChI is InChI=1S/C41H29N5O2/c1-24-21-30-28-14-6-9-17-35(28)47-37(30)31(22-24)40-44-38(25-11-3-2-4-12-25)43-39(45-40)26-19-20-34-29(23-26)27-13-5-8-16-33(27)46(34)41-42-32-15-7-10-18-36(32)48-41/h2-21,24,26H,22-23H2,1H3. The fourth-order valence-corrected chi connectivity index (χ4v) is 7.37. The molecule has 7 nitrogen and oxygen atoms in total. The van der Waals surface area contributed by atoms with Gasteiger partial charge in [0.05, 0.1) is 11.2 Å². The summed E-state index contributed by atoms with van der Waals surface area (Å²) in [7, 11) is 0. The molecule has 4 aromatic heterocycles. The number of oxazole rings is 1. The van der Waals surface area contributed by atoms with Gasteiger partial charge in [0.25, 0.3) is 0 Å². The molecule has 0 radical (unpaired) electrons. The average Bonchev–Trinajstić information content (AvgIpc) is 3.83. The van der Waals surface area contributed by atoms with Gasteiger partial charge in [0.2, 0.25) is 0 Å². The summed E-state index contributed by atoms with van der Waals surface area (Å²) < 4.78 is 14.9. The summed E-state index contributed by atoms with van der Waals surface area (Å²) in [5.41, 5.74) is 8.65. The van der Waals surface area contributed by atoms with Crippen molar-refractivity contribution in [1.82, 2.24) is 24.5 Å². The van der Waals surface area contributed by atoms with Crippen LogP contribution >= 0.6 is 0 Å². The number of aromatic nitrogens is 5. The largest absolute Gasteiger partial charge is 0.456 e. The van der Waals surface area contributed by atoms with Crippen LogP contribution in [0.1, 0.15) is 42.2 Å². The third-order valence-electron chi connectivity index (χ3n) is 9.58. The van der Waals surface area contributed by atoms with Crippen molar-refractivity contribution in [2.45, 2.75) is 25.7 Å². The van der Waals surface area contributed by atoms with Crippen LogP contribution in [0.5, 0.6) is 0 Å². The lowest BCUT2D eigenvalue weighted by Crippen LogP contribution is -2.30. The van der Waals surface area contributed by atoms with Crippen LogP contribution in [0.3, 0.4) is 0 Å². The van der Waals surface area contributed by atoms with Crippen molar-refractivity contribution in [2.75, 3.05) is 0 Å². The number of para-hydroxylation sites is 4. The van der Waals surface area contributed by atoms with Gasteiger partial charge in [-0.2, -0.15) is 4.98 Å². The summed E-state index contributed by atoms with van der Waals surface area (Å²) in [5.74, 6) is 2.33. The molecule has 0 amide bonds. The Hall–Kier alpha value is -6.08. The molecule has 0 saturated heterocycles. The number of rotatable bonds is 4. The number of hydrogen-bond acceptors (Lipinski definition) is 6. The summed E-state index contributed by atoms with van der Waals surface area (Å²) in [6, 6.07) is 35.3. The molecule has 0 aliphatic heterocycles. The Morgan fingerprint density at radius 3 is 2.31 bits per heavy atom. The third kappa shape index (κ3) is 4.20. The Morgan fingerprint density at radius 2 is 1.44 bits per heavy atom. The predicted molar refractivity (Wildman–Crippen MR) is 188 cm³/mol. The average molecular weight is 624 g/mol. The van der Waals surface area contributed by atoms with Gasteiger partial charge in [-0.1, -0.05) is 97.9 Å². The minimum absolute atomic E-state index is 0.0621. The van der Waals surface area contributed by atoms with E-state index in [9.17, 15) is 0 Å². The molecule has 48 heavy (non-hydrogen) atoms. The van der Waals surface area contributed by atoms with Gasteiger partial charge in [-0.15, -0.1) is 0 Å². The summed E-state index contributed by atoms with van der Waals surface area (Å²) >= 11 is 0. The zero-order chi connectivity index (χ0) is 31.8. The van der Waals surface area contributed by atoms with Crippen LogP contribution in [0.4, 0.5) is 0 Å². The monoisotopic (exact) mass is 623 g/mol. The van der Waals surface area contributed by atoms with E-state index >= 15 is 0 Å². The van der Waals surface area contributed by atoms with Gasteiger partial charge in [-0.05, 0) is 54.7 Å². The lowest BCUT2D eigenvalue weighted by Gasteiger charge is -2.19. The van der Waals surface area contributed by atoms with E-state index in [0.717, 1.165) is 73.7 Å². The number of allylic oxidation sites excluding steroid dienone is 1. The van der Waals surface area contributed by atoms with Crippen molar-refractivity contribution in [1.29, 1.82) is 0 Å². The molecule has 4 aromatic carbocycles. The highest BCUT2D eigenvalue weighted by Crippen LogP contribution is 2.38. The Morgan fingerprint density at radius 1 is 0.688 bits per heavy atom. The van der Waals surface area contributed by atoms with E-state index in [1.165, 1.54) is 10.9 Å². The quantitative estimate of drug-likeness (QED) is 0.199. The summed E-state index contributed by atoms with van der Waals surface area (Å²) in [4.78, 5) is 20.3. The Labute approximate surface area is 275 Å². The molecule has 8 aromatic rings. The van der Waals surface area contributed by atoms with Crippen LogP contribution in [0.2, 0.25) is 0 Å².